The van der Waals surface area contributed by atoms with Gasteiger partial charge in [-0.2, -0.15) is 0 Å². The van der Waals surface area contributed by atoms with Crippen LogP contribution in [0.3, 0.4) is 0 Å². The summed E-state index contributed by atoms with van der Waals surface area (Å²) >= 11 is 0. The van der Waals surface area contributed by atoms with Crippen molar-refractivity contribution >= 4 is 5.91 Å². The number of rotatable bonds is 8. The van der Waals surface area contributed by atoms with Gasteiger partial charge in [0.25, 0.3) is 5.91 Å². The molecule has 1 N–H and O–H groups in total. The van der Waals surface area contributed by atoms with Crippen LogP contribution in [0.5, 0.6) is 17.2 Å². The van der Waals surface area contributed by atoms with Crippen molar-refractivity contribution in [3.05, 3.63) is 53.8 Å². The smallest absolute Gasteiger partial charge is 0.261 e. The van der Waals surface area contributed by atoms with Crippen LogP contribution < -0.4 is 19.5 Å². The van der Waals surface area contributed by atoms with Gasteiger partial charge in [-0.05, 0) is 55.3 Å². The summed E-state index contributed by atoms with van der Waals surface area (Å²) in [6, 6.07) is 10.9. The van der Waals surface area contributed by atoms with E-state index in [1.54, 1.807) is 27.2 Å². The van der Waals surface area contributed by atoms with Crippen molar-refractivity contribution in [3.63, 3.8) is 0 Å². The highest BCUT2D eigenvalue weighted by molar-refractivity contribution is 5.81. The van der Waals surface area contributed by atoms with Crippen LogP contribution in [0.4, 0.5) is 4.39 Å². The van der Waals surface area contributed by atoms with Crippen molar-refractivity contribution in [1.29, 1.82) is 0 Å². The van der Waals surface area contributed by atoms with Crippen LogP contribution in [-0.4, -0.2) is 26.2 Å². The first kappa shape index (κ1) is 19.6. The number of methoxy groups -OCH3 is 2. The van der Waals surface area contributed by atoms with E-state index in [0.29, 0.717) is 23.7 Å². The van der Waals surface area contributed by atoms with Gasteiger partial charge in [-0.25, -0.2) is 4.39 Å². The van der Waals surface area contributed by atoms with Gasteiger partial charge in [0.05, 0.1) is 20.3 Å². The van der Waals surface area contributed by atoms with E-state index in [0.717, 1.165) is 5.56 Å². The summed E-state index contributed by atoms with van der Waals surface area (Å²) in [6.45, 7) is 3.63. The number of amides is 1. The Kier molecular flexibility index (Phi) is 6.83. The first-order valence-corrected chi connectivity index (χ1v) is 8.43. The Balaban J connectivity index is 2.06. The number of hydrogen-bond acceptors (Lipinski definition) is 4. The van der Waals surface area contributed by atoms with E-state index < -0.39 is 6.10 Å². The lowest BCUT2D eigenvalue weighted by Gasteiger charge is -2.22. The molecule has 0 spiro atoms. The van der Waals surface area contributed by atoms with E-state index in [1.165, 1.54) is 24.3 Å². The molecule has 0 fully saturated rings. The topological polar surface area (TPSA) is 56.8 Å². The summed E-state index contributed by atoms with van der Waals surface area (Å²) in [5.41, 5.74) is 0.910. The van der Waals surface area contributed by atoms with E-state index in [1.807, 2.05) is 19.1 Å². The number of carbonyl (C=O) groups excluding carboxylic acids is 1. The van der Waals surface area contributed by atoms with Crippen LogP contribution >= 0.6 is 0 Å². The van der Waals surface area contributed by atoms with Crippen molar-refractivity contribution < 1.29 is 23.4 Å². The molecular weight excluding hydrogens is 337 g/mol. The van der Waals surface area contributed by atoms with Gasteiger partial charge >= 0.3 is 0 Å². The number of ether oxygens (including phenoxy) is 3. The van der Waals surface area contributed by atoms with Gasteiger partial charge in [-0.1, -0.05) is 13.0 Å². The molecule has 1 amide bonds. The Morgan fingerprint density at radius 3 is 2.31 bits per heavy atom. The SMILES string of the molecule is CC[C@H](NC(=O)[C@H](C)Oc1ccc(F)cc1)c1ccc(OC)c(OC)c1. The summed E-state index contributed by atoms with van der Waals surface area (Å²) < 4.78 is 29.1. The Hall–Kier alpha value is -2.76. The van der Waals surface area contributed by atoms with E-state index in [-0.39, 0.29) is 17.8 Å². The summed E-state index contributed by atoms with van der Waals surface area (Å²) in [5, 5.41) is 2.97. The maximum atomic E-state index is 13.0. The van der Waals surface area contributed by atoms with Crippen LogP contribution in [0, 0.1) is 5.82 Å². The monoisotopic (exact) mass is 361 g/mol. The molecule has 5 nitrogen and oxygen atoms in total. The van der Waals surface area contributed by atoms with Gasteiger partial charge in [0.2, 0.25) is 0 Å². The predicted octanol–water partition coefficient (Wildman–Crippen LogP) is 3.88. The van der Waals surface area contributed by atoms with Crippen molar-refractivity contribution in [1.82, 2.24) is 5.32 Å². The molecule has 0 aliphatic rings. The molecule has 0 heterocycles. The van der Waals surface area contributed by atoms with E-state index in [9.17, 15) is 9.18 Å². The standard InChI is InChI=1S/C20H24FNO4/c1-5-17(14-6-11-18(24-3)19(12-14)25-4)22-20(23)13(2)26-16-9-7-15(21)8-10-16/h6-13,17H,5H2,1-4H3,(H,22,23)/t13-,17-/m0/s1. The third-order valence-electron chi connectivity index (χ3n) is 4.03. The normalized spacial score (nSPS) is 12.8. The molecule has 0 aliphatic heterocycles. The average Bonchev–Trinajstić information content (AvgIpc) is 2.67. The molecule has 6 heteroatoms. The molecule has 140 valence electrons. The second-order valence-corrected chi connectivity index (χ2v) is 5.80. The minimum absolute atomic E-state index is 0.193. The lowest BCUT2D eigenvalue weighted by molar-refractivity contribution is -0.128. The fourth-order valence-corrected chi connectivity index (χ4v) is 2.55. The number of nitrogens with one attached hydrogen (secondary N) is 1. The highest BCUT2D eigenvalue weighted by Gasteiger charge is 2.20. The molecule has 0 bridgehead atoms. The van der Waals surface area contributed by atoms with E-state index in [2.05, 4.69) is 5.32 Å². The quantitative estimate of drug-likeness (QED) is 0.775. The van der Waals surface area contributed by atoms with Crippen LogP contribution in [0.1, 0.15) is 31.9 Å². The van der Waals surface area contributed by atoms with Gasteiger partial charge in [-0.3, -0.25) is 4.79 Å². The molecule has 26 heavy (non-hydrogen) atoms. The fraction of sp³-hybridized carbons (Fsp3) is 0.350. The summed E-state index contributed by atoms with van der Waals surface area (Å²) in [5.74, 6) is 1.07. The zero-order valence-corrected chi connectivity index (χ0v) is 15.4. The molecule has 2 rings (SSSR count). The number of carbonyl (C=O) groups is 1. The lowest BCUT2D eigenvalue weighted by Crippen LogP contribution is -2.38. The Labute approximate surface area is 153 Å². The van der Waals surface area contributed by atoms with E-state index >= 15 is 0 Å². The number of halogens is 1. The van der Waals surface area contributed by atoms with Gasteiger partial charge in [0.15, 0.2) is 17.6 Å². The molecule has 0 saturated carbocycles. The molecular formula is C20H24FNO4. The minimum atomic E-state index is -0.713. The third kappa shape index (κ3) is 4.88. The average molecular weight is 361 g/mol. The fourth-order valence-electron chi connectivity index (χ4n) is 2.55. The Morgan fingerprint density at radius 2 is 1.73 bits per heavy atom. The van der Waals surface area contributed by atoms with Gasteiger partial charge in [-0.15, -0.1) is 0 Å². The van der Waals surface area contributed by atoms with Crippen molar-refractivity contribution in [2.75, 3.05) is 14.2 Å². The van der Waals surface area contributed by atoms with Crippen molar-refractivity contribution in [2.24, 2.45) is 0 Å². The first-order valence-electron chi connectivity index (χ1n) is 8.43. The Morgan fingerprint density at radius 1 is 1.08 bits per heavy atom. The van der Waals surface area contributed by atoms with Gasteiger partial charge in [0.1, 0.15) is 11.6 Å². The van der Waals surface area contributed by atoms with Gasteiger partial charge in [0, 0.05) is 0 Å². The van der Waals surface area contributed by atoms with Crippen molar-refractivity contribution in [2.45, 2.75) is 32.4 Å². The van der Waals surface area contributed by atoms with Crippen LogP contribution in [0.25, 0.3) is 0 Å². The highest BCUT2D eigenvalue weighted by Crippen LogP contribution is 2.31. The molecule has 0 aromatic heterocycles. The van der Waals surface area contributed by atoms with Crippen LogP contribution in [-0.2, 0) is 4.79 Å². The zero-order valence-electron chi connectivity index (χ0n) is 15.4. The second kappa shape index (κ2) is 9.08. The second-order valence-electron chi connectivity index (χ2n) is 5.80. The number of benzene rings is 2. The largest absolute Gasteiger partial charge is 0.493 e. The molecule has 0 saturated heterocycles. The zero-order chi connectivity index (χ0) is 19.1. The van der Waals surface area contributed by atoms with E-state index in [4.69, 9.17) is 14.2 Å². The molecule has 0 aliphatic carbocycles. The lowest BCUT2D eigenvalue weighted by atomic mass is 10.0. The molecule has 2 aromatic rings. The highest BCUT2D eigenvalue weighted by atomic mass is 19.1. The first-order chi connectivity index (χ1) is 12.5. The third-order valence-corrected chi connectivity index (χ3v) is 4.03. The summed E-state index contributed by atoms with van der Waals surface area (Å²) in [4.78, 5) is 12.5. The summed E-state index contributed by atoms with van der Waals surface area (Å²) in [7, 11) is 3.14. The van der Waals surface area contributed by atoms with Gasteiger partial charge < -0.3 is 19.5 Å². The molecule has 2 aromatic carbocycles. The summed E-state index contributed by atoms with van der Waals surface area (Å²) in [6.07, 6.45) is -0.0144. The number of hydrogen-bond donors (Lipinski definition) is 1. The molecule has 0 unspecified atom stereocenters. The predicted molar refractivity (Wildman–Crippen MR) is 97.2 cm³/mol. The maximum absolute atomic E-state index is 13.0. The minimum Gasteiger partial charge on any atom is -0.493 e. The van der Waals surface area contributed by atoms with Crippen LogP contribution in [0.2, 0.25) is 0 Å². The van der Waals surface area contributed by atoms with Crippen LogP contribution in [0.15, 0.2) is 42.5 Å². The molecule has 0 radical (unpaired) electrons. The molecule has 2 atom stereocenters. The maximum Gasteiger partial charge on any atom is 0.261 e. The Bertz CT molecular complexity index is 733. The van der Waals surface area contributed by atoms with Crippen molar-refractivity contribution in [3.8, 4) is 17.2 Å².